The SMILES string of the molecule is [CH2]Sc1snnc1C(N)=O. The average Bonchev–Trinajstić information content (AvgIpc) is 2.33. The Labute approximate surface area is 66.0 Å². The molecule has 0 aliphatic rings. The molecule has 0 unspecified atom stereocenters. The number of hydrogen-bond donors (Lipinski definition) is 1. The highest BCUT2D eigenvalue weighted by molar-refractivity contribution is 8.02. The molecule has 1 heterocycles. The summed E-state index contributed by atoms with van der Waals surface area (Å²) < 4.78 is 4.20. The Morgan fingerprint density at radius 1 is 1.80 bits per heavy atom. The van der Waals surface area contributed by atoms with Gasteiger partial charge in [0.1, 0.15) is 4.21 Å². The molecular formula is C4H4N3OS2. The van der Waals surface area contributed by atoms with Crippen LogP contribution in [0.1, 0.15) is 10.5 Å². The number of nitrogens with two attached hydrogens (primary N) is 1. The van der Waals surface area contributed by atoms with Gasteiger partial charge in [0.05, 0.1) is 0 Å². The lowest BCUT2D eigenvalue weighted by atomic mass is 10.5. The van der Waals surface area contributed by atoms with Crippen LogP contribution in [0, 0.1) is 6.26 Å². The molecule has 10 heavy (non-hydrogen) atoms. The Hall–Kier alpha value is -0.620. The van der Waals surface area contributed by atoms with Gasteiger partial charge in [-0.3, -0.25) is 4.79 Å². The van der Waals surface area contributed by atoms with Crippen molar-refractivity contribution in [1.82, 2.24) is 9.59 Å². The van der Waals surface area contributed by atoms with Crippen LogP contribution in [-0.4, -0.2) is 15.5 Å². The molecule has 0 spiro atoms. The number of nitrogens with zero attached hydrogens (tertiary/aromatic N) is 2. The number of primary amides is 1. The molecule has 0 aliphatic heterocycles. The van der Waals surface area contributed by atoms with Crippen molar-refractivity contribution < 1.29 is 4.79 Å². The van der Waals surface area contributed by atoms with Gasteiger partial charge in [-0.25, -0.2) is 0 Å². The Morgan fingerprint density at radius 2 is 2.50 bits per heavy atom. The monoisotopic (exact) mass is 174 g/mol. The summed E-state index contributed by atoms with van der Waals surface area (Å²) in [6.45, 7) is 0. The first kappa shape index (κ1) is 7.49. The van der Waals surface area contributed by atoms with Crippen molar-refractivity contribution in [2.45, 2.75) is 4.21 Å². The van der Waals surface area contributed by atoms with Crippen molar-refractivity contribution in [2.24, 2.45) is 5.73 Å². The van der Waals surface area contributed by atoms with Crippen LogP contribution >= 0.6 is 23.3 Å². The van der Waals surface area contributed by atoms with Crippen LogP contribution < -0.4 is 5.73 Å². The van der Waals surface area contributed by atoms with Gasteiger partial charge >= 0.3 is 0 Å². The first-order valence-corrected chi connectivity index (χ1v) is 4.05. The van der Waals surface area contributed by atoms with Crippen molar-refractivity contribution in [3.05, 3.63) is 11.9 Å². The molecule has 1 amide bonds. The maximum absolute atomic E-state index is 10.5. The second kappa shape index (κ2) is 2.98. The molecule has 0 saturated carbocycles. The van der Waals surface area contributed by atoms with Gasteiger partial charge in [0.25, 0.3) is 5.91 Å². The molecule has 0 saturated heterocycles. The summed E-state index contributed by atoms with van der Waals surface area (Å²) in [4.78, 5) is 10.5. The van der Waals surface area contributed by atoms with E-state index < -0.39 is 5.91 Å². The Balaban J connectivity index is 3.01. The average molecular weight is 174 g/mol. The van der Waals surface area contributed by atoms with Gasteiger partial charge < -0.3 is 5.73 Å². The first-order chi connectivity index (χ1) is 4.75. The van der Waals surface area contributed by atoms with Crippen molar-refractivity contribution in [3.8, 4) is 0 Å². The van der Waals surface area contributed by atoms with Gasteiger partial charge in [0, 0.05) is 6.26 Å². The van der Waals surface area contributed by atoms with E-state index in [-0.39, 0.29) is 5.69 Å². The Bertz CT molecular complexity index is 246. The Morgan fingerprint density at radius 3 is 2.90 bits per heavy atom. The molecular weight excluding hydrogens is 170 g/mol. The summed E-state index contributed by atoms with van der Waals surface area (Å²) in [5.41, 5.74) is 5.17. The number of amides is 1. The molecule has 0 fully saturated rings. The van der Waals surface area contributed by atoms with Crippen molar-refractivity contribution in [1.29, 1.82) is 0 Å². The lowest BCUT2D eigenvalue weighted by Gasteiger charge is -1.87. The molecule has 0 aliphatic carbocycles. The van der Waals surface area contributed by atoms with Crippen LogP contribution in [0.5, 0.6) is 0 Å². The standard InChI is InChI=1S/C4H4N3OS2/c1-9-4-2(3(5)8)6-7-10-4/h1H2,(H2,5,8). The van der Waals surface area contributed by atoms with E-state index in [2.05, 4.69) is 15.8 Å². The number of rotatable bonds is 2. The van der Waals surface area contributed by atoms with Crippen LogP contribution in [0.3, 0.4) is 0 Å². The minimum Gasteiger partial charge on any atom is -0.364 e. The second-order valence-corrected chi connectivity index (χ2v) is 3.13. The molecule has 2 N–H and O–H groups in total. The van der Waals surface area contributed by atoms with E-state index in [4.69, 9.17) is 5.73 Å². The number of carbonyl (C=O) groups is 1. The van der Waals surface area contributed by atoms with E-state index >= 15 is 0 Å². The largest absolute Gasteiger partial charge is 0.364 e. The van der Waals surface area contributed by atoms with Gasteiger partial charge in [0.15, 0.2) is 5.69 Å². The quantitative estimate of drug-likeness (QED) is 0.664. The lowest BCUT2D eigenvalue weighted by Crippen LogP contribution is -2.12. The van der Waals surface area contributed by atoms with Crippen LogP contribution in [0.15, 0.2) is 4.21 Å². The summed E-state index contributed by atoms with van der Waals surface area (Å²) >= 11 is 2.29. The highest BCUT2D eigenvalue weighted by atomic mass is 32.2. The summed E-state index contributed by atoms with van der Waals surface area (Å²) in [6.07, 6.45) is 3.51. The summed E-state index contributed by atoms with van der Waals surface area (Å²) in [7, 11) is 0. The van der Waals surface area contributed by atoms with Gasteiger partial charge in [0.2, 0.25) is 0 Å². The lowest BCUT2D eigenvalue weighted by molar-refractivity contribution is 0.0993. The predicted molar refractivity (Wildman–Crippen MR) is 39.6 cm³/mol. The predicted octanol–water partition coefficient (Wildman–Crippen LogP) is 0.521. The minimum absolute atomic E-state index is 0.213. The molecule has 0 bridgehead atoms. The van der Waals surface area contributed by atoms with Crippen molar-refractivity contribution >= 4 is 29.2 Å². The maximum atomic E-state index is 10.5. The summed E-state index contributed by atoms with van der Waals surface area (Å²) in [5, 5.41) is 3.52. The number of carbonyl (C=O) groups excluding carboxylic acids is 1. The molecule has 0 atom stereocenters. The van der Waals surface area contributed by atoms with E-state index in [1.54, 1.807) is 0 Å². The zero-order valence-electron chi connectivity index (χ0n) is 4.90. The summed E-state index contributed by atoms with van der Waals surface area (Å²) in [6, 6.07) is 0. The number of aromatic nitrogens is 2. The van der Waals surface area contributed by atoms with Crippen LogP contribution in [-0.2, 0) is 0 Å². The Kier molecular flexibility index (Phi) is 2.23. The first-order valence-electron chi connectivity index (χ1n) is 2.30. The normalized spacial score (nSPS) is 9.70. The van der Waals surface area contributed by atoms with Crippen molar-refractivity contribution in [3.63, 3.8) is 0 Å². The van der Waals surface area contributed by atoms with E-state index in [0.29, 0.717) is 4.21 Å². The van der Waals surface area contributed by atoms with E-state index in [1.807, 2.05) is 0 Å². The van der Waals surface area contributed by atoms with Crippen LogP contribution in [0.25, 0.3) is 0 Å². The van der Waals surface area contributed by atoms with Crippen LogP contribution in [0.2, 0.25) is 0 Å². The molecule has 6 heteroatoms. The third-order valence-electron chi connectivity index (χ3n) is 0.822. The molecule has 1 aromatic heterocycles. The van der Waals surface area contributed by atoms with Gasteiger partial charge in [-0.05, 0) is 11.5 Å². The highest BCUT2D eigenvalue weighted by Crippen LogP contribution is 2.22. The van der Waals surface area contributed by atoms with Crippen LogP contribution in [0.4, 0.5) is 0 Å². The highest BCUT2D eigenvalue weighted by Gasteiger charge is 2.11. The van der Waals surface area contributed by atoms with Crippen molar-refractivity contribution in [2.75, 3.05) is 0 Å². The van der Waals surface area contributed by atoms with E-state index in [1.165, 1.54) is 11.8 Å². The molecule has 4 nitrogen and oxygen atoms in total. The topological polar surface area (TPSA) is 68.9 Å². The third-order valence-corrected chi connectivity index (χ3v) is 2.38. The summed E-state index contributed by atoms with van der Waals surface area (Å²) in [5.74, 6) is -0.556. The molecule has 1 radical (unpaired) electrons. The fourth-order valence-corrected chi connectivity index (χ4v) is 1.44. The molecule has 1 aromatic rings. The van der Waals surface area contributed by atoms with Gasteiger partial charge in [-0.1, -0.05) is 4.49 Å². The second-order valence-electron chi connectivity index (χ2n) is 1.42. The zero-order valence-corrected chi connectivity index (χ0v) is 6.54. The molecule has 53 valence electrons. The zero-order chi connectivity index (χ0) is 7.56. The number of hydrogen-bond acceptors (Lipinski definition) is 5. The molecule has 0 aromatic carbocycles. The number of thioether (sulfide) groups is 1. The fourth-order valence-electron chi connectivity index (χ4n) is 0.427. The van der Waals surface area contributed by atoms with Gasteiger partial charge in [-0.2, -0.15) is 0 Å². The minimum atomic E-state index is -0.556. The van der Waals surface area contributed by atoms with Gasteiger partial charge in [-0.15, -0.1) is 16.9 Å². The maximum Gasteiger partial charge on any atom is 0.271 e. The van der Waals surface area contributed by atoms with E-state index in [9.17, 15) is 4.79 Å². The fraction of sp³-hybridized carbons (Fsp3) is 0. The van der Waals surface area contributed by atoms with E-state index in [0.717, 1.165) is 11.5 Å². The smallest absolute Gasteiger partial charge is 0.271 e. The third kappa shape index (κ3) is 1.27. The molecule has 1 rings (SSSR count).